The molecule has 4 heterocycles. The second kappa shape index (κ2) is 5.20. The Morgan fingerprint density at radius 1 is 1.08 bits per heavy atom. The Balaban J connectivity index is 1.71. The number of H-pyrrole nitrogens is 1. The Kier molecular flexibility index (Phi) is 2.87. The third kappa shape index (κ3) is 2.17. The standard InChI is InChI=1S/C18H12N4O3/c23-17-7-14(11-3-4-15-16(6-11)25-10-24-15)21-18-13(9-20-22(17)18)12-2-1-5-19-8-12/h1-9,20H,10H2. The number of fused-ring (bicyclic) bond motifs is 2. The molecule has 3 aromatic heterocycles. The van der Waals surface area contributed by atoms with E-state index in [2.05, 4.69) is 15.1 Å². The molecule has 25 heavy (non-hydrogen) atoms. The lowest BCUT2D eigenvalue weighted by Crippen LogP contribution is -2.14. The van der Waals surface area contributed by atoms with Crippen molar-refractivity contribution in [1.82, 2.24) is 19.6 Å². The van der Waals surface area contributed by atoms with Gasteiger partial charge in [-0.25, -0.2) is 9.50 Å². The second-order valence-corrected chi connectivity index (χ2v) is 5.64. The number of ether oxygens (including phenoxy) is 2. The monoisotopic (exact) mass is 332 g/mol. The van der Waals surface area contributed by atoms with Gasteiger partial charge in [0, 0.05) is 41.3 Å². The van der Waals surface area contributed by atoms with Gasteiger partial charge in [0.1, 0.15) is 0 Å². The molecule has 1 aliphatic heterocycles. The Morgan fingerprint density at radius 2 is 2.00 bits per heavy atom. The lowest BCUT2D eigenvalue weighted by Gasteiger charge is -2.04. The van der Waals surface area contributed by atoms with Crippen LogP contribution in [0.5, 0.6) is 11.5 Å². The minimum atomic E-state index is -0.187. The lowest BCUT2D eigenvalue weighted by atomic mass is 10.1. The summed E-state index contributed by atoms with van der Waals surface area (Å²) in [6.07, 6.45) is 5.20. The van der Waals surface area contributed by atoms with Crippen molar-refractivity contribution in [3.63, 3.8) is 0 Å². The van der Waals surface area contributed by atoms with Crippen molar-refractivity contribution < 1.29 is 9.47 Å². The maximum absolute atomic E-state index is 12.5. The van der Waals surface area contributed by atoms with Crippen molar-refractivity contribution >= 4 is 5.65 Å². The van der Waals surface area contributed by atoms with E-state index in [1.54, 1.807) is 18.6 Å². The molecule has 1 N–H and O–H groups in total. The molecule has 0 amide bonds. The molecule has 1 aromatic carbocycles. The lowest BCUT2D eigenvalue weighted by molar-refractivity contribution is 0.174. The van der Waals surface area contributed by atoms with Gasteiger partial charge in [0.25, 0.3) is 5.56 Å². The first-order chi connectivity index (χ1) is 12.3. The summed E-state index contributed by atoms with van der Waals surface area (Å²) in [6.45, 7) is 0.205. The SMILES string of the molecule is O=c1cc(-c2ccc3c(c2)OCO3)nc2c(-c3cccnc3)c[nH]n12. The summed E-state index contributed by atoms with van der Waals surface area (Å²) >= 11 is 0. The highest BCUT2D eigenvalue weighted by Gasteiger charge is 2.16. The Labute approximate surface area is 141 Å². The third-order valence-corrected chi connectivity index (χ3v) is 4.14. The molecule has 0 unspecified atom stereocenters. The van der Waals surface area contributed by atoms with E-state index in [-0.39, 0.29) is 12.4 Å². The van der Waals surface area contributed by atoms with Crippen LogP contribution in [0.3, 0.4) is 0 Å². The largest absolute Gasteiger partial charge is 0.454 e. The molecule has 122 valence electrons. The first kappa shape index (κ1) is 13.8. The van der Waals surface area contributed by atoms with Crippen LogP contribution in [0.1, 0.15) is 0 Å². The Morgan fingerprint density at radius 3 is 2.88 bits per heavy atom. The molecule has 7 heteroatoms. The predicted molar refractivity (Wildman–Crippen MR) is 90.6 cm³/mol. The fraction of sp³-hybridized carbons (Fsp3) is 0.0556. The normalized spacial score (nSPS) is 12.6. The molecule has 0 bridgehead atoms. The number of pyridine rings is 1. The van der Waals surface area contributed by atoms with Crippen molar-refractivity contribution in [2.24, 2.45) is 0 Å². The quantitative estimate of drug-likeness (QED) is 0.610. The zero-order valence-corrected chi connectivity index (χ0v) is 13.0. The van der Waals surface area contributed by atoms with E-state index in [1.165, 1.54) is 10.6 Å². The second-order valence-electron chi connectivity index (χ2n) is 5.64. The Bertz CT molecular complexity index is 1150. The molecule has 0 radical (unpaired) electrons. The van der Waals surface area contributed by atoms with Gasteiger partial charge in [-0.3, -0.25) is 14.9 Å². The highest BCUT2D eigenvalue weighted by molar-refractivity contribution is 5.78. The number of hydrogen-bond donors (Lipinski definition) is 1. The van der Waals surface area contributed by atoms with Gasteiger partial charge in [-0.2, -0.15) is 0 Å². The minimum Gasteiger partial charge on any atom is -0.454 e. The van der Waals surface area contributed by atoms with Crippen LogP contribution >= 0.6 is 0 Å². The molecule has 0 atom stereocenters. The van der Waals surface area contributed by atoms with E-state index in [4.69, 9.17) is 9.47 Å². The molecular formula is C18H12N4O3. The first-order valence-corrected chi connectivity index (χ1v) is 7.71. The summed E-state index contributed by atoms with van der Waals surface area (Å²) in [5.41, 5.74) is 3.43. The smallest absolute Gasteiger partial charge is 0.273 e. The van der Waals surface area contributed by atoms with Crippen molar-refractivity contribution in [3.05, 3.63) is 65.3 Å². The fourth-order valence-electron chi connectivity index (χ4n) is 2.92. The van der Waals surface area contributed by atoms with E-state index in [9.17, 15) is 4.79 Å². The first-order valence-electron chi connectivity index (χ1n) is 7.71. The van der Waals surface area contributed by atoms with Gasteiger partial charge in [-0.15, -0.1) is 0 Å². The summed E-state index contributed by atoms with van der Waals surface area (Å²) in [4.78, 5) is 21.3. The highest BCUT2D eigenvalue weighted by atomic mass is 16.7. The van der Waals surface area contributed by atoms with Crippen LogP contribution in [0, 0.1) is 0 Å². The van der Waals surface area contributed by atoms with Crippen molar-refractivity contribution in [2.75, 3.05) is 6.79 Å². The van der Waals surface area contributed by atoms with Crippen LogP contribution in [-0.4, -0.2) is 26.4 Å². The number of hydrogen-bond acceptors (Lipinski definition) is 5. The van der Waals surface area contributed by atoms with Crippen LogP contribution in [0.15, 0.2) is 59.8 Å². The summed E-state index contributed by atoms with van der Waals surface area (Å²) in [6, 6.07) is 10.8. The van der Waals surface area contributed by atoms with Gasteiger partial charge in [-0.05, 0) is 24.3 Å². The summed E-state index contributed by atoms with van der Waals surface area (Å²) in [5.74, 6) is 1.35. The maximum Gasteiger partial charge on any atom is 0.273 e. The number of rotatable bonds is 2. The van der Waals surface area contributed by atoms with Crippen LogP contribution in [0.4, 0.5) is 0 Å². The molecule has 1 aliphatic rings. The summed E-state index contributed by atoms with van der Waals surface area (Å²) in [7, 11) is 0. The van der Waals surface area contributed by atoms with Crippen LogP contribution in [0.2, 0.25) is 0 Å². The van der Waals surface area contributed by atoms with E-state index in [1.807, 2.05) is 30.3 Å². The van der Waals surface area contributed by atoms with Crippen molar-refractivity contribution in [3.8, 4) is 33.9 Å². The molecule has 0 fully saturated rings. The molecule has 0 saturated carbocycles. The van der Waals surface area contributed by atoms with Gasteiger partial charge in [0.15, 0.2) is 17.1 Å². The van der Waals surface area contributed by atoms with Crippen LogP contribution < -0.4 is 15.0 Å². The molecular weight excluding hydrogens is 320 g/mol. The van der Waals surface area contributed by atoms with Crippen LogP contribution in [0.25, 0.3) is 28.0 Å². The van der Waals surface area contributed by atoms with E-state index < -0.39 is 0 Å². The molecule has 0 saturated heterocycles. The zero-order valence-electron chi connectivity index (χ0n) is 13.0. The number of aromatic amines is 1. The van der Waals surface area contributed by atoms with Gasteiger partial charge in [0.05, 0.1) is 5.69 Å². The molecule has 7 nitrogen and oxygen atoms in total. The number of nitrogens with zero attached hydrogens (tertiary/aromatic N) is 3. The van der Waals surface area contributed by atoms with Gasteiger partial charge >= 0.3 is 0 Å². The van der Waals surface area contributed by atoms with Crippen LogP contribution in [-0.2, 0) is 0 Å². The average molecular weight is 332 g/mol. The van der Waals surface area contributed by atoms with Crippen molar-refractivity contribution in [2.45, 2.75) is 0 Å². The summed E-state index contributed by atoms with van der Waals surface area (Å²) in [5, 5.41) is 2.94. The van der Waals surface area contributed by atoms with Crippen molar-refractivity contribution in [1.29, 1.82) is 0 Å². The van der Waals surface area contributed by atoms with E-state index in [0.717, 1.165) is 16.7 Å². The zero-order chi connectivity index (χ0) is 16.8. The number of benzene rings is 1. The summed E-state index contributed by atoms with van der Waals surface area (Å²) < 4.78 is 12.2. The Hall–Kier alpha value is -3.61. The number of aromatic nitrogens is 4. The van der Waals surface area contributed by atoms with E-state index in [0.29, 0.717) is 22.8 Å². The minimum absolute atomic E-state index is 0.187. The predicted octanol–water partition coefficient (Wildman–Crippen LogP) is 2.48. The van der Waals surface area contributed by atoms with Gasteiger partial charge in [0.2, 0.25) is 6.79 Å². The number of nitrogens with one attached hydrogen (secondary N) is 1. The van der Waals surface area contributed by atoms with Gasteiger partial charge < -0.3 is 9.47 Å². The molecule has 4 aromatic rings. The van der Waals surface area contributed by atoms with E-state index >= 15 is 0 Å². The van der Waals surface area contributed by atoms with Gasteiger partial charge in [-0.1, -0.05) is 6.07 Å². The molecule has 5 rings (SSSR count). The average Bonchev–Trinajstić information content (AvgIpc) is 3.28. The fourth-order valence-corrected chi connectivity index (χ4v) is 2.92. The maximum atomic E-state index is 12.5. The third-order valence-electron chi connectivity index (χ3n) is 4.14. The topological polar surface area (TPSA) is 81.5 Å². The molecule has 0 spiro atoms. The molecule has 0 aliphatic carbocycles. The highest BCUT2D eigenvalue weighted by Crippen LogP contribution is 2.35.